The second-order valence-corrected chi connectivity index (χ2v) is 10.1. The summed E-state index contributed by atoms with van der Waals surface area (Å²) >= 11 is 0. The molecule has 0 spiro atoms. The van der Waals surface area contributed by atoms with Gasteiger partial charge in [0.15, 0.2) is 0 Å². The molecule has 5 N–H and O–H groups in total. The third-order valence-corrected chi connectivity index (χ3v) is 6.96. The number of carbonyl (C=O) groups is 3. The average molecular weight is 629 g/mol. The monoisotopic (exact) mass is 628 g/mol. The summed E-state index contributed by atoms with van der Waals surface area (Å²) in [7, 11) is 0. The topological polar surface area (TPSA) is 168 Å². The number of carbonyl (C=O) groups excluding carboxylic acids is 1. The van der Waals surface area contributed by atoms with E-state index in [2.05, 4.69) is 32.0 Å². The van der Waals surface area contributed by atoms with Gasteiger partial charge in [-0.05, 0) is 42.0 Å². The van der Waals surface area contributed by atoms with Gasteiger partial charge in [-0.25, -0.2) is 23.9 Å². The van der Waals surface area contributed by atoms with Crippen molar-refractivity contribution in [3.8, 4) is 11.1 Å². The fraction of sp³-hybridized carbons (Fsp3) is 0.182. The van der Waals surface area contributed by atoms with Crippen LogP contribution in [0, 0.1) is 5.82 Å². The highest BCUT2D eigenvalue weighted by molar-refractivity contribution is 6.00. The van der Waals surface area contributed by atoms with Crippen LogP contribution in [-0.4, -0.2) is 87.4 Å². The molecule has 5 rings (SSSR count). The molecule has 12 nitrogen and oxygen atoms in total. The molecule has 0 bridgehead atoms. The van der Waals surface area contributed by atoms with Crippen LogP contribution in [0.4, 0.5) is 27.4 Å². The number of aliphatic hydroxyl groups is 1. The standard InChI is InChI=1S/C29H29FN6O2.C4H4O4/c1-2-27(38)32-22-7-3-5-20(17-22)24-8-4-6-21-19-31-29(34-28(21)24)33-26-10-9-23(18-25(26)30)36-13-11-35(12-14-36)15-16-37;5-3(6)1-2-4(7)8/h2-10,17-19,37H,1,11-16H2,(H,32,38)(H,31,33,34);1-2H,(H,5,6)(H,7,8)/b;2-1-. The summed E-state index contributed by atoms with van der Waals surface area (Å²) in [6.07, 6.45) is 4.04. The van der Waals surface area contributed by atoms with Crippen LogP contribution in [0.3, 0.4) is 0 Å². The lowest BCUT2D eigenvalue weighted by Crippen LogP contribution is -2.47. The highest BCUT2D eigenvalue weighted by atomic mass is 19.1. The highest BCUT2D eigenvalue weighted by Crippen LogP contribution is 2.31. The molecule has 13 heteroatoms. The van der Waals surface area contributed by atoms with Gasteiger partial charge >= 0.3 is 11.9 Å². The van der Waals surface area contributed by atoms with Crippen molar-refractivity contribution in [1.82, 2.24) is 14.9 Å². The van der Waals surface area contributed by atoms with E-state index in [-0.39, 0.29) is 24.3 Å². The van der Waals surface area contributed by atoms with Crippen LogP contribution >= 0.6 is 0 Å². The van der Waals surface area contributed by atoms with E-state index in [4.69, 9.17) is 20.3 Å². The minimum atomic E-state index is -1.26. The number of hydrogen-bond acceptors (Lipinski definition) is 9. The Hall–Kier alpha value is -5.66. The molecule has 0 radical (unpaired) electrons. The Morgan fingerprint density at radius 1 is 0.957 bits per heavy atom. The first-order chi connectivity index (χ1) is 22.2. The summed E-state index contributed by atoms with van der Waals surface area (Å²) in [5.41, 5.74) is 4.19. The van der Waals surface area contributed by atoms with Crippen LogP contribution in [0.15, 0.2) is 91.7 Å². The normalized spacial score (nSPS) is 13.1. The number of fused-ring (bicyclic) bond motifs is 1. The molecule has 2 heterocycles. The summed E-state index contributed by atoms with van der Waals surface area (Å²) in [5, 5.41) is 31.4. The van der Waals surface area contributed by atoms with Crippen LogP contribution in [-0.2, 0) is 14.4 Å². The van der Waals surface area contributed by atoms with E-state index in [9.17, 15) is 14.4 Å². The van der Waals surface area contributed by atoms with Gasteiger partial charge in [0.05, 0.1) is 17.8 Å². The van der Waals surface area contributed by atoms with Crippen molar-refractivity contribution in [3.05, 3.63) is 97.5 Å². The number of nitrogens with one attached hydrogen (secondary N) is 2. The van der Waals surface area contributed by atoms with Gasteiger partial charge in [-0.3, -0.25) is 9.69 Å². The second kappa shape index (κ2) is 15.9. The molecule has 4 aromatic rings. The summed E-state index contributed by atoms with van der Waals surface area (Å²) in [6.45, 7) is 7.52. The maximum atomic E-state index is 15.1. The number of aliphatic hydroxyl groups excluding tert-OH is 1. The molecular weight excluding hydrogens is 595 g/mol. The highest BCUT2D eigenvalue weighted by Gasteiger charge is 2.18. The van der Waals surface area contributed by atoms with Crippen molar-refractivity contribution in [2.75, 3.05) is 54.9 Å². The smallest absolute Gasteiger partial charge is 0.328 e. The lowest BCUT2D eigenvalue weighted by molar-refractivity contribution is -0.134. The van der Waals surface area contributed by atoms with E-state index in [0.29, 0.717) is 35.6 Å². The summed E-state index contributed by atoms with van der Waals surface area (Å²) in [4.78, 5) is 44.3. The van der Waals surface area contributed by atoms with Crippen molar-refractivity contribution < 1.29 is 34.1 Å². The predicted molar refractivity (Wildman–Crippen MR) is 174 cm³/mol. The van der Waals surface area contributed by atoms with Gasteiger partial charge in [-0.2, -0.15) is 0 Å². The Bertz CT molecular complexity index is 1740. The lowest BCUT2D eigenvalue weighted by atomic mass is 10.0. The number of hydrogen-bond donors (Lipinski definition) is 5. The Labute approximate surface area is 264 Å². The largest absolute Gasteiger partial charge is 0.478 e. The SMILES string of the molecule is C=CC(=O)Nc1cccc(-c2cccc3cnc(Nc4ccc(N5CCN(CCO)CC5)cc4F)nc23)c1.O=C(O)/C=C\C(=O)O. The summed E-state index contributed by atoms with van der Waals surface area (Å²) < 4.78 is 15.1. The van der Waals surface area contributed by atoms with E-state index in [1.54, 1.807) is 18.3 Å². The molecule has 1 amide bonds. The number of para-hydroxylation sites is 1. The molecular formula is C33H33FN6O6. The zero-order chi connectivity index (χ0) is 33.1. The van der Waals surface area contributed by atoms with Gasteiger partial charge in [-0.15, -0.1) is 0 Å². The van der Waals surface area contributed by atoms with Crippen LogP contribution in [0.5, 0.6) is 0 Å². The first kappa shape index (κ1) is 33.2. The molecule has 1 aliphatic heterocycles. The fourth-order valence-electron chi connectivity index (χ4n) is 4.74. The number of piperazine rings is 1. The van der Waals surface area contributed by atoms with Crippen LogP contribution in [0.2, 0.25) is 0 Å². The zero-order valence-corrected chi connectivity index (χ0v) is 24.8. The number of benzene rings is 3. The van der Waals surface area contributed by atoms with Crippen molar-refractivity contribution >= 4 is 51.8 Å². The molecule has 3 aromatic carbocycles. The third kappa shape index (κ3) is 9.17. The molecule has 0 atom stereocenters. The molecule has 238 valence electrons. The number of carboxylic acids is 2. The van der Waals surface area contributed by atoms with E-state index < -0.39 is 11.9 Å². The van der Waals surface area contributed by atoms with E-state index in [0.717, 1.165) is 48.4 Å². The quantitative estimate of drug-likeness (QED) is 0.160. The molecule has 1 aliphatic rings. The number of anilines is 4. The van der Waals surface area contributed by atoms with Crippen LogP contribution in [0.25, 0.3) is 22.0 Å². The second-order valence-electron chi connectivity index (χ2n) is 10.1. The minimum Gasteiger partial charge on any atom is -0.478 e. The van der Waals surface area contributed by atoms with Crippen LogP contribution < -0.4 is 15.5 Å². The zero-order valence-electron chi connectivity index (χ0n) is 24.8. The molecule has 46 heavy (non-hydrogen) atoms. The number of rotatable bonds is 10. The molecule has 1 saturated heterocycles. The van der Waals surface area contributed by atoms with Gasteiger partial charge in [-0.1, -0.05) is 36.9 Å². The number of halogens is 1. The Kier molecular flexibility index (Phi) is 11.5. The molecule has 0 unspecified atom stereocenters. The van der Waals surface area contributed by atoms with Gasteiger partial charge in [0.1, 0.15) is 5.82 Å². The molecule has 1 fully saturated rings. The van der Waals surface area contributed by atoms with Gasteiger partial charge in [0.2, 0.25) is 11.9 Å². The minimum absolute atomic E-state index is 0.146. The van der Waals surface area contributed by atoms with Gasteiger partial charge in [0.25, 0.3) is 0 Å². The van der Waals surface area contributed by atoms with Crippen molar-refractivity contribution in [2.24, 2.45) is 0 Å². The van der Waals surface area contributed by atoms with Crippen molar-refractivity contribution in [1.29, 1.82) is 0 Å². The van der Waals surface area contributed by atoms with Crippen molar-refractivity contribution in [2.45, 2.75) is 0 Å². The van der Waals surface area contributed by atoms with Gasteiger partial charge < -0.3 is 30.9 Å². The third-order valence-electron chi connectivity index (χ3n) is 6.96. The maximum Gasteiger partial charge on any atom is 0.328 e. The average Bonchev–Trinajstić information content (AvgIpc) is 3.05. The first-order valence-electron chi connectivity index (χ1n) is 14.2. The first-order valence-corrected chi connectivity index (χ1v) is 14.2. The van der Waals surface area contributed by atoms with E-state index in [1.165, 1.54) is 12.1 Å². The van der Waals surface area contributed by atoms with E-state index in [1.807, 2.05) is 42.5 Å². The Morgan fingerprint density at radius 3 is 2.33 bits per heavy atom. The maximum absolute atomic E-state index is 15.1. The lowest BCUT2D eigenvalue weighted by Gasteiger charge is -2.35. The number of aliphatic carboxylic acids is 2. The number of aromatic nitrogens is 2. The number of nitrogens with zero attached hydrogens (tertiary/aromatic N) is 4. The molecule has 0 saturated carbocycles. The van der Waals surface area contributed by atoms with Gasteiger partial charge in [0, 0.05) is 73.4 Å². The number of amides is 1. The Balaban J connectivity index is 0.000000533. The fourth-order valence-corrected chi connectivity index (χ4v) is 4.74. The van der Waals surface area contributed by atoms with Crippen LogP contribution in [0.1, 0.15) is 0 Å². The molecule has 0 aliphatic carbocycles. The number of β-amino-alcohol motifs (C(OH)–C–C–N with tert-alkyl or cyclic N) is 1. The number of carboxylic acid groups (broad SMARTS) is 2. The molecule has 1 aromatic heterocycles. The summed E-state index contributed by atoms with van der Waals surface area (Å²) in [5.74, 6) is -2.90. The van der Waals surface area contributed by atoms with E-state index >= 15 is 4.39 Å². The van der Waals surface area contributed by atoms with Crippen molar-refractivity contribution in [3.63, 3.8) is 0 Å². The predicted octanol–water partition coefficient (Wildman–Crippen LogP) is 4.13. The summed E-state index contributed by atoms with van der Waals surface area (Å²) in [6, 6.07) is 18.4. The Morgan fingerprint density at radius 2 is 1.67 bits per heavy atom.